The highest BCUT2D eigenvalue weighted by atomic mass is 35.5. The average Bonchev–Trinajstić information content (AvgIpc) is 2.38. The van der Waals surface area contributed by atoms with Gasteiger partial charge in [-0.25, -0.2) is 4.98 Å². The number of aromatic nitrogens is 1. The minimum absolute atomic E-state index is 0.278. The molecule has 0 atom stereocenters. The van der Waals surface area contributed by atoms with Crippen molar-refractivity contribution in [2.45, 2.75) is 6.36 Å². The van der Waals surface area contributed by atoms with Gasteiger partial charge < -0.3 is 4.74 Å². The zero-order chi connectivity index (χ0) is 14.3. The van der Waals surface area contributed by atoms with Crippen LogP contribution in [0, 0.1) is 0 Å². The van der Waals surface area contributed by atoms with Gasteiger partial charge in [0.05, 0.1) is 5.52 Å². The molecule has 0 saturated heterocycles. The third kappa shape index (κ3) is 2.36. The summed E-state index contributed by atoms with van der Waals surface area (Å²) in [4.78, 5) is 4.17. The van der Waals surface area contributed by atoms with E-state index in [9.17, 15) is 13.2 Å². The Bertz CT molecular complexity index is 801. The Balaban J connectivity index is 2.27. The van der Waals surface area contributed by atoms with Crippen LogP contribution in [-0.4, -0.2) is 11.3 Å². The first kappa shape index (κ1) is 13.0. The third-order valence-electron chi connectivity index (χ3n) is 2.86. The van der Waals surface area contributed by atoms with Crippen LogP contribution in [0.25, 0.3) is 21.7 Å². The Hall–Kier alpha value is -2.01. The van der Waals surface area contributed by atoms with E-state index in [1.165, 1.54) is 18.2 Å². The Kier molecular flexibility index (Phi) is 2.94. The van der Waals surface area contributed by atoms with Crippen LogP contribution in [0.3, 0.4) is 0 Å². The number of hydrogen-bond acceptors (Lipinski definition) is 2. The predicted octanol–water partition coefficient (Wildman–Crippen LogP) is 4.94. The van der Waals surface area contributed by atoms with E-state index in [0.29, 0.717) is 21.4 Å². The molecule has 102 valence electrons. The van der Waals surface area contributed by atoms with Crippen molar-refractivity contribution in [3.05, 3.63) is 47.6 Å². The van der Waals surface area contributed by atoms with E-state index in [0.717, 1.165) is 5.39 Å². The largest absolute Gasteiger partial charge is 0.573 e. The van der Waals surface area contributed by atoms with Crippen molar-refractivity contribution in [3.63, 3.8) is 0 Å². The van der Waals surface area contributed by atoms with Crippen molar-refractivity contribution in [2.24, 2.45) is 0 Å². The number of rotatable bonds is 1. The molecule has 0 saturated carbocycles. The van der Waals surface area contributed by atoms with E-state index in [-0.39, 0.29) is 5.75 Å². The van der Waals surface area contributed by atoms with Gasteiger partial charge in [-0.1, -0.05) is 35.9 Å². The first-order chi connectivity index (χ1) is 9.44. The number of alkyl halides is 3. The van der Waals surface area contributed by atoms with Crippen molar-refractivity contribution in [1.29, 1.82) is 0 Å². The van der Waals surface area contributed by atoms with Gasteiger partial charge >= 0.3 is 6.36 Å². The van der Waals surface area contributed by atoms with Crippen molar-refractivity contribution < 1.29 is 17.9 Å². The highest BCUT2D eigenvalue weighted by molar-refractivity contribution is 6.35. The molecule has 0 fully saturated rings. The van der Waals surface area contributed by atoms with Crippen LogP contribution in [-0.2, 0) is 0 Å². The average molecular weight is 298 g/mol. The molecule has 0 bridgehead atoms. The van der Waals surface area contributed by atoms with Crippen LogP contribution in [0.2, 0.25) is 5.15 Å². The number of pyridine rings is 1. The van der Waals surface area contributed by atoms with Crippen molar-refractivity contribution in [2.75, 3.05) is 0 Å². The Morgan fingerprint density at radius 2 is 1.65 bits per heavy atom. The summed E-state index contributed by atoms with van der Waals surface area (Å²) in [5.74, 6) is -0.278. The molecule has 2 nitrogen and oxygen atoms in total. The van der Waals surface area contributed by atoms with Gasteiger partial charge in [0.15, 0.2) is 0 Å². The Labute approximate surface area is 116 Å². The fourth-order valence-corrected chi connectivity index (χ4v) is 2.35. The number of hydrogen-bond donors (Lipinski definition) is 0. The first-order valence-corrected chi connectivity index (χ1v) is 6.05. The molecule has 0 amide bonds. The van der Waals surface area contributed by atoms with E-state index in [1.807, 2.05) is 0 Å². The SMILES string of the molecule is FC(F)(F)Oc1ccc2nc(Cl)c3ccccc3c2c1. The zero-order valence-corrected chi connectivity index (χ0v) is 10.7. The molecule has 1 aromatic heterocycles. The summed E-state index contributed by atoms with van der Waals surface area (Å²) in [6.07, 6.45) is -4.72. The fourth-order valence-electron chi connectivity index (χ4n) is 2.09. The van der Waals surface area contributed by atoms with Crippen molar-refractivity contribution >= 4 is 33.3 Å². The van der Waals surface area contributed by atoms with Gasteiger partial charge in [-0.3, -0.25) is 0 Å². The highest BCUT2D eigenvalue weighted by Gasteiger charge is 2.31. The molecule has 0 aliphatic heterocycles. The van der Waals surface area contributed by atoms with Crippen LogP contribution in [0.1, 0.15) is 0 Å². The summed E-state index contributed by atoms with van der Waals surface area (Å²) in [7, 11) is 0. The Morgan fingerprint density at radius 1 is 0.950 bits per heavy atom. The van der Waals surface area contributed by atoms with Gasteiger partial charge in [0, 0.05) is 10.8 Å². The molecule has 0 aliphatic rings. The lowest BCUT2D eigenvalue weighted by Gasteiger charge is -2.10. The van der Waals surface area contributed by atoms with E-state index in [2.05, 4.69) is 9.72 Å². The fraction of sp³-hybridized carbons (Fsp3) is 0.0714. The number of benzene rings is 2. The summed E-state index contributed by atoms with van der Waals surface area (Å²) >= 11 is 6.06. The maximum Gasteiger partial charge on any atom is 0.573 e. The maximum atomic E-state index is 12.3. The van der Waals surface area contributed by atoms with E-state index >= 15 is 0 Å². The molecule has 3 rings (SSSR count). The maximum absolute atomic E-state index is 12.3. The molecule has 3 aromatic rings. The molecular formula is C14H7ClF3NO. The van der Waals surface area contributed by atoms with Crippen LogP contribution in [0.5, 0.6) is 5.75 Å². The summed E-state index contributed by atoms with van der Waals surface area (Å²) in [6.45, 7) is 0. The molecule has 1 heterocycles. The van der Waals surface area contributed by atoms with Gasteiger partial charge in [-0.15, -0.1) is 13.2 Å². The summed E-state index contributed by atoms with van der Waals surface area (Å²) in [5, 5.41) is 2.30. The number of fused-ring (bicyclic) bond motifs is 3. The predicted molar refractivity (Wildman–Crippen MR) is 70.9 cm³/mol. The molecule has 2 aromatic carbocycles. The van der Waals surface area contributed by atoms with Crippen LogP contribution >= 0.6 is 11.6 Å². The van der Waals surface area contributed by atoms with Gasteiger partial charge in [0.25, 0.3) is 0 Å². The zero-order valence-electron chi connectivity index (χ0n) is 9.91. The van der Waals surface area contributed by atoms with Gasteiger partial charge in [-0.2, -0.15) is 0 Å². The smallest absolute Gasteiger partial charge is 0.406 e. The van der Waals surface area contributed by atoms with E-state index in [1.54, 1.807) is 24.3 Å². The summed E-state index contributed by atoms with van der Waals surface area (Å²) in [5.41, 5.74) is 0.517. The molecule has 0 unspecified atom stereocenters. The third-order valence-corrected chi connectivity index (χ3v) is 3.15. The molecular weight excluding hydrogens is 291 g/mol. The molecule has 0 N–H and O–H groups in total. The number of ether oxygens (including phenoxy) is 1. The van der Waals surface area contributed by atoms with Crippen molar-refractivity contribution in [1.82, 2.24) is 4.98 Å². The first-order valence-electron chi connectivity index (χ1n) is 5.68. The lowest BCUT2D eigenvalue weighted by molar-refractivity contribution is -0.274. The molecule has 0 spiro atoms. The van der Waals surface area contributed by atoms with Crippen molar-refractivity contribution in [3.8, 4) is 5.75 Å². The number of halogens is 4. The second kappa shape index (κ2) is 4.52. The van der Waals surface area contributed by atoms with Crippen LogP contribution < -0.4 is 4.74 Å². The lowest BCUT2D eigenvalue weighted by Crippen LogP contribution is -2.17. The van der Waals surface area contributed by atoms with Gasteiger partial charge in [-0.05, 0) is 23.6 Å². The second-order valence-electron chi connectivity index (χ2n) is 4.17. The molecule has 0 radical (unpaired) electrons. The van der Waals surface area contributed by atoms with Crippen LogP contribution in [0.15, 0.2) is 42.5 Å². The minimum Gasteiger partial charge on any atom is -0.406 e. The van der Waals surface area contributed by atoms with E-state index < -0.39 is 6.36 Å². The number of nitrogens with zero attached hydrogens (tertiary/aromatic N) is 1. The quantitative estimate of drug-likeness (QED) is 0.469. The Morgan fingerprint density at radius 3 is 2.35 bits per heavy atom. The monoisotopic (exact) mass is 297 g/mol. The standard InChI is InChI=1S/C14H7ClF3NO/c15-13-10-4-2-1-3-9(10)11-7-8(20-14(16,17)18)5-6-12(11)19-13/h1-7H. The van der Waals surface area contributed by atoms with E-state index in [4.69, 9.17) is 11.6 Å². The minimum atomic E-state index is -4.72. The van der Waals surface area contributed by atoms with Gasteiger partial charge in [0.1, 0.15) is 10.9 Å². The second-order valence-corrected chi connectivity index (χ2v) is 4.53. The summed E-state index contributed by atoms with van der Waals surface area (Å²) in [6, 6.07) is 11.1. The topological polar surface area (TPSA) is 22.1 Å². The molecule has 6 heteroatoms. The van der Waals surface area contributed by atoms with Gasteiger partial charge in [0.2, 0.25) is 0 Å². The molecule has 0 aliphatic carbocycles. The summed E-state index contributed by atoms with van der Waals surface area (Å²) < 4.78 is 40.7. The molecule has 20 heavy (non-hydrogen) atoms. The highest BCUT2D eigenvalue weighted by Crippen LogP contribution is 2.32. The van der Waals surface area contributed by atoms with Crippen LogP contribution in [0.4, 0.5) is 13.2 Å². The lowest BCUT2D eigenvalue weighted by atomic mass is 10.1. The normalized spacial score (nSPS) is 12.0.